The van der Waals surface area contributed by atoms with Gasteiger partial charge >= 0.3 is 0 Å². The molecule has 0 saturated carbocycles. The summed E-state index contributed by atoms with van der Waals surface area (Å²) in [6, 6.07) is 10.0. The minimum absolute atomic E-state index is 0.806. The molecule has 3 heteroatoms. The van der Waals surface area contributed by atoms with E-state index >= 15 is 0 Å². The lowest BCUT2D eigenvalue weighted by Crippen LogP contribution is -1.97. The molecule has 90 valence electrons. The van der Waals surface area contributed by atoms with Gasteiger partial charge in [0.2, 0.25) is 0 Å². The van der Waals surface area contributed by atoms with E-state index in [0.29, 0.717) is 0 Å². The van der Waals surface area contributed by atoms with Gasteiger partial charge in [0.15, 0.2) is 0 Å². The monoisotopic (exact) mass is 231 g/mol. The van der Waals surface area contributed by atoms with Crippen LogP contribution in [0.4, 0.5) is 0 Å². The van der Waals surface area contributed by atoms with E-state index in [9.17, 15) is 0 Å². The minimum Gasteiger partial charge on any atom is -0.497 e. The number of hydrogen-bond acceptors (Lipinski definition) is 2. The van der Waals surface area contributed by atoms with Crippen molar-refractivity contribution in [1.82, 2.24) is 4.57 Å². The Morgan fingerprint density at radius 3 is 2.59 bits per heavy atom. The summed E-state index contributed by atoms with van der Waals surface area (Å²) >= 11 is 0. The lowest BCUT2D eigenvalue weighted by atomic mass is 10.1. The third-order valence-corrected chi connectivity index (χ3v) is 2.85. The lowest BCUT2D eigenvalue weighted by Gasteiger charge is -2.12. The van der Waals surface area contributed by atoms with E-state index in [4.69, 9.17) is 9.47 Å². The molecule has 0 radical (unpaired) electrons. The Kier molecular flexibility index (Phi) is 3.38. The predicted molar refractivity (Wildman–Crippen MR) is 68.6 cm³/mol. The number of aromatic nitrogens is 1. The highest BCUT2D eigenvalue weighted by molar-refractivity contribution is 5.69. The molecule has 0 atom stereocenters. The molecule has 0 aliphatic carbocycles. The van der Waals surface area contributed by atoms with Gasteiger partial charge < -0.3 is 14.0 Å². The maximum absolute atomic E-state index is 5.42. The summed E-state index contributed by atoms with van der Waals surface area (Å²) in [5.74, 6) is 1.64. The molecule has 17 heavy (non-hydrogen) atoms. The van der Waals surface area contributed by atoms with E-state index < -0.39 is 0 Å². The first-order valence-electron chi connectivity index (χ1n) is 5.67. The molecule has 0 N–H and O–H groups in total. The number of aryl methyl sites for hydroxylation is 1. The average Bonchev–Trinajstić information content (AvgIpc) is 2.85. The van der Waals surface area contributed by atoms with E-state index in [2.05, 4.69) is 23.8 Å². The van der Waals surface area contributed by atoms with Crippen LogP contribution in [0, 0.1) is 0 Å². The van der Waals surface area contributed by atoms with Crippen molar-refractivity contribution < 1.29 is 9.47 Å². The smallest absolute Gasteiger partial charge is 0.131 e. The summed E-state index contributed by atoms with van der Waals surface area (Å²) in [5, 5.41) is 0. The predicted octanol–water partition coefficient (Wildman–Crippen LogP) is 3.19. The summed E-state index contributed by atoms with van der Waals surface area (Å²) in [6.07, 6.45) is 2.07. The van der Waals surface area contributed by atoms with Crippen molar-refractivity contribution in [3.05, 3.63) is 36.5 Å². The van der Waals surface area contributed by atoms with Crippen LogP contribution in [0.2, 0.25) is 0 Å². The topological polar surface area (TPSA) is 23.4 Å². The largest absolute Gasteiger partial charge is 0.497 e. The highest BCUT2D eigenvalue weighted by Gasteiger charge is 2.10. The fourth-order valence-electron chi connectivity index (χ4n) is 1.94. The first-order valence-corrected chi connectivity index (χ1v) is 5.67. The van der Waals surface area contributed by atoms with Crippen LogP contribution in [0.25, 0.3) is 11.3 Å². The molecule has 0 fully saturated rings. The van der Waals surface area contributed by atoms with Crippen LogP contribution in [0.5, 0.6) is 11.5 Å². The molecule has 3 nitrogen and oxygen atoms in total. The van der Waals surface area contributed by atoms with E-state index in [1.165, 1.54) is 0 Å². The molecular formula is C14H17NO2. The SMILES string of the molecule is CCn1cccc1-c1ccc(OC)cc1OC. The summed E-state index contributed by atoms with van der Waals surface area (Å²) in [7, 11) is 3.33. The maximum Gasteiger partial charge on any atom is 0.131 e. The van der Waals surface area contributed by atoms with Gasteiger partial charge in [0.25, 0.3) is 0 Å². The number of benzene rings is 1. The van der Waals surface area contributed by atoms with Crippen molar-refractivity contribution in [3.8, 4) is 22.8 Å². The molecule has 0 amide bonds. The van der Waals surface area contributed by atoms with Gasteiger partial charge in [-0.25, -0.2) is 0 Å². The van der Waals surface area contributed by atoms with Crippen LogP contribution in [0.3, 0.4) is 0 Å². The van der Waals surface area contributed by atoms with E-state index in [-0.39, 0.29) is 0 Å². The van der Waals surface area contributed by atoms with E-state index in [0.717, 1.165) is 29.3 Å². The van der Waals surface area contributed by atoms with Crippen LogP contribution in [0.15, 0.2) is 36.5 Å². The van der Waals surface area contributed by atoms with Gasteiger partial charge in [-0.1, -0.05) is 0 Å². The van der Waals surface area contributed by atoms with Gasteiger partial charge in [0, 0.05) is 24.4 Å². The van der Waals surface area contributed by atoms with Gasteiger partial charge in [0.1, 0.15) is 11.5 Å². The van der Waals surface area contributed by atoms with E-state index in [1.807, 2.05) is 24.3 Å². The van der Waals surface area contributed by atoms with Crippen LogP contribution in [-0.2, 0) is 6.54 Å². The Balaban J connectivity index is 2.51. The van der Waals surface area contributed by atoms with Crippen molar-refractivity contribution in [2.24, 2.45) is 0 Å². The van der Waals surface area contributed by atoms with Crippen molar-refractivity contribution in [2.75, 3.05) is 14.2 Å². The van der Waals surface area contributed by atoms with Crippen molar-refractivity contribution in [1.29, 1.82) is 0 Å². The number of ether oxygens (including phenoxy) is 2. The number of nitrogens with zero attached hydrogens (tertiary/aromatic N) is 1. The zero-order chi connectivity index (χ0) is 12.3. The molecule has 0 aliphatic rings. The minimum atomic E-state index is 0.806. The third-order valence-electron chi connectivity index (χ3n) is 2.85. The number of rotatable bonds is 4. The number of hydrogen-bond donors (Lipinski definition) is 0. The standard InChI is InChI=1S/C14H17NO2/c1-4-15-9-5-6-13(15)12-8-7-11(16-2)10-14(12)17-3/h5-10H,4H2,1-3H3. The Morgan fingerprint density at radius 2 is 1.94 bits per heavy atom. The Hall–Kier alpha value is -1.90. The highest BCUT2D eigenvalue weighted by Crippen LogP contribution is 2.33. The Labute approximate surface area is 102 Å². The molecule has 0 spiro atoms. The molecular weight excluding hydrogens is 214 g/mol. The summed E-state index contributed by atoms with van der Waals surface area (Å²) in [6.45, 7) is 3.07. The molecule has 0 bridgehead atoms. The summed E-state index contributed by atoms with van der Waals surface area (Å²) in [5.41, 5.74) is 2.24. The van der Waals surface area contributed by atoms with Gasteiger partial charge in [-0.2, -0.15) is 0 Å². The van der Waals surface area contributed by atoms with Crippen molar-refractivity contribution in [3.63, 3.8) is 0 Å². The second-order valence-corrected chi connectivity index (χ2v) is 3.75. The van der Waals surface area contributed by atoms with Gasteiger partial charge in [0.05, 0.1) is 19.9 Å². The Bertz CT molecular complexity index is 503. The van der Waals surface area contributed by atoms with Crippen LogP contribution in [-0.4, -0.2) is 18.8 Å². The molecule has 2 rings (SSSR count). The first-order chi connectivity index (χ1) is 8.30. The van der Waals surface area contributed by atoms with Gasteiger partial charge in [-0.3, -0.25) is 0 Å². The molecule has 2 aromatic rings. The fraction of sp³-hybridized carbons (Fsp3) is 0.286. The van der Waals surface area contributed by atoms with Crippen molar-refractivity contribution in [2.45, 2.75) is 13.5 Å². The van der Waals surface area contributed by atoms with Crippen LogP contribution in [0.1, 0.15) is 6.92 Å². The second kappa shape index (κ2) is 4.95. The molecule has 1 heterocycles. The maximum atomic E-state index is 5.42. The lowest BCUT2D eigenvalue weighted by molar-refractivity contribution is 0.395. The zero-order valence-corrected chi connectivity index (χ0v) is 10.4. The molecule has 0 saturated heterocycles. The van der Waals surface area contributed by atoms with Gasteiger partial charge in [-0.15, -0.1) is 0 Å². The number of methoxy groups -OCH3 is 2. The van der Waals surface area contributed by atoms with Gasteiger partial charge in [-0.05, 0) is 31.2 Å². The molecule has 1 aromatic carbocycles. The molecule has 1 aromatic heterocycles. The average molecular weight is 231 g/mol. The quantitative estimate of drug-likeness (QED) is 0.806. The zero-order valence-electron chi connectivity index (χ0n) is 10.4. The second-order valence-electron chi connectivity index (χ2n) is 3.75. The highest BCUT2D eigenvalue weighted by atomic mass is 16.5. The fourth-order valence-corrected chi connectivity index (χ4v) is 1.94. The summed E-state index contributed by atoms with van der Waals surface area (Å²) in [4.78, 5) is 0. The Morgan fingerprint density at radius 1 is 1.12 bits per heavy atom. The van der Waals surface area contributed by atoms with Crippen LogP contribution >= 0.6 is 0 Å². The molecule has 0 aliphatic heterocycles. The normalized spacial score (nSPS) is 10.3. The van der Waals surface area contributed by atoms with Crippen molar-refractivity contribution >= 4 is 0 Å². The summed E-state index contributed by atoms with van der Waals surface area (Å²) < 4.78 is 12.8. The van der Waals surface area contributed by atoms with E-state index in [1.54, 1.807) is 14.2 Å². The first kappa shape index (κ1) is 11.6. The molecule has 0 unspecified atom stereocenters. The van der Waals surface area contributed by atoms with Crippen LogP contribution < -0.4 is 9.47 Å². The third kappa shape index (κ3) is 2.13.